The fraction of sp³-hybridized carbons (Fsp3) is 0.200. The van der Waals surface area contributed by atoms with Crippen LogP contribution in [0.1, 0.15) is 5.56 Å². The number of rotatable bonds is 1. The molecule has 0 saturated heterocycles. The van der Waals surface area contributed by atoms with Gasteiger partial charge in [-0.25, -0.2) is 0 Å². The van der Waals surface area contributed by atoms with Crippen molar-refractivity contribution in [2.45, 2.75) is 6.92 Å². The summed E-state index contributed by atoms with van der Waals surface area (Å²) < 4.78 is 1.09. The number of halogens is 2. The molecule has 0 unspecified atom stereocenters. The van der Waals surface area contributed by atoms with Crippen molar-refractivity contribution in [1.29, 1.82) is 0 Å². The Hall–Kier alpha value is -1.19. The van der Waals surface area contributed by atoms with E-state index in [9.17, 15) is 0 Å². The van der Waals surface area contributed by atoms with Gasteiger partial charge in [-0.3, -0.25) is 0 Å². The van der Waals surface area contributed by atoms with E-state index < -0.39 is 0 Å². The first-order valence-corrected chi connectivity index (χ1v) is 7.39. The normalized spacial score (nSPS) is 13.9. The maximum absolute atomic E-state index is 6.04. The van der Waals surface area contributed by atoms with Crippen LogP contribution in [0.25, 0.3) is 0 Å². The number of aryl methyl sites for hydroxylation is 1. The van der Waals surface area contributed by atoms with Crippen LogP contribution in [0, 0.1) is 6.92 Å². The SMILES string of the molecule is Cc1cc(Cl)ccc1N1CCNc2ccc(Br)cc21. The summed E-state index contributed by atoms with van der Waals surface area (Å²) in [6.07, 6.45) is 0. The summed E-state index contributed by atoms with van der Waals surface area (Å²) >= 11 is 9.59. The lowest BCUT2D eigenvalue weighted by atomic mass is 10.1. The molecule has 2 aromatic carbocycles. The molecule has 0 fully saturated rings. The number of hydrogen-bond donors (Lipinski definition) is 1. The average Bonchev–Trinajstić information content (AvgIpc) is 2.38. The number of fused-ring (bicyclic) bond motifs is 1. The summed E-state index contributed by atoms with van der Waals surface area (Å²) in [5, 5.41) is 4.22. The third-order valence-corrected chi connectivity index (χ3v) is 4.08. The Balaban J connectivity index is 2.10. The summed E-state index contributed by atoms with van der Waals surface area (Å²) in [5.41, 5.74) is 4.78. The highest BCUT2D eigenvalue weighted by Crippen LogP contribution is 2.38. The third kappa shape index (κ3) is 2.45. The van der Waals surface area contributed by atoms with Gasteiger partial charge < -0.3 is 10.2 Å². The Kier molecular flexibility index (Phi) is 3.42. The van der Waals surface area contributed by atoms with Crippen LogP contribution in [-0.4, -0.2) is 13.1 Å². The maximum atomic E-state index is 6.04. The fourth-order valence-electron chi connectivity index (χ4n) is 2.47. The lowest BCUT2D eigenvalue weighted by Gasteiger charge is -2.33. The van der Waals surface area contributed by atoms with Crippen molar-refractivity contribution < 1.29 is 0 Å². The summed E-state index contributed by atoms with van der Waals surface area (Å²) in [6.45, 7) is 3.99. The summed E-state index contributed by atoms with van der Waals surface area (Å²) in [7, 11) is 0. The van der Waals surface area contributed by atoms with Gasteiger partial charge in [-0.15, -0.1) is 0 Å². The van der Waals surface area contributed by atoms with Crippen LogP contribution in [0.5, 0.6) is 0 Å². The monoisotopic (exact) mass is 336 g/mol. The average molecular weight is 338 g/mol. The van der Waals surface area contributed by atoms with Crippen LogP contribution in [0.2, 0.25) is 5.02 Å². The first-order chi connectivity index (χ1) is 9.15. The fourth-order valence-corrected chi connectivity index (χ4v) is 3.05. The molecule has 0 radical (unpaired) electrons. The molecule has 2 aromatic rings. The van der Waals surface area contributed by atoms with Gasteiger partial charge in [-0.2, -0.15) is 0 Å². The maximum Gasteiger partial charge on any atom is 0.0658 e. The molecule has 0 saturated carbocycles. The van der Waals surface area contributed by atoms with Crippen molar-refractivity contribution in [1.82, 2.24) is 0 Å². The summed E-state index contributed by atoms with van der Waals surface area (Å²) in [5.74, 6) is 0. The van der Waals surface area contributed by atoms with Crippen LogP contribution in [0.3, 0.4) is 0 Å². The highest BCUT2D eigenvalue weighted by Gasteiger charge is 2.19. The van der Waals surface area contributed by atoms with E-state index in [1.165, 1.54) is 22.6 Å². The van der Waals surface area contributed by atoms with Gasteiger partial charge in [0.15, 0.2) is 0 Å². The van der Waals surface area contributed by atoms with E-state index in [0.29, 0.717) is 0 Å². The van der Waals surface area contributed by atoms with Crippen LogP contribution in [0.15, 0.2) is 40.9 Å². The molecular formula is C15H14BrClN2. The van der Waals surface area contributed by atoms with Crippen molar-refractivity contribution in [3.63, 3.8) is 0 Å². The van der Waals surface area contributed by atoms with Crippen molar-refractivity contribution in [2.75, 3.05) is 23.3 Å². The number of hydrogen-bond acceptors (Lipinski definition) is 2. The highest BCUT2D eigenvalue weighted by molar-refractivity contribution is 9.10. The zero-order valence-electron chi connectivity index (χ0n) is 10.6. The molecule has 3 rings (SSSR count). The number of nitrogens with zero attached hydrogens (tertiary/aromatic N) is 1. The van der Waals surface area contributed by atoms with Gasteiger partial charge in [0.2, 0.25) is 0 Å². The van der Waals surface area contributed by atoms with Crippen molar-refractivity contribution in [3.8, 4) is 0 Å². The minimum Gasteiger partial charge on any atom is -0.382 e. The Morgan fingerprint density at radius 3 is 2.79 bits per heavy atom. The van der Waals surface area contributed by atoms with Crippen molar-refractivity contribution >= 4 is 44.6 Å². The lowest BCUT2D eigenvalue weighted by Crippen LogP contribution is -2.30. The van der Waals surface area contributed by atoms with Gasteiger partial charge in [0.25, 0.3) is 0 Å². The van der Waals surface area contributed by atoms with E-state index in [4.69, 9.17) is 11.6 Å². The Labute approximate surface area is 126 Å². The molecule has 98 valence electrons. The van der Waals surface area contributed by atoms with Crippen LogP contribution >= 0.6 is 27.5 Å². The smallest absolute Gasteiger partial charge is 0.0658 e. The zero-order valence-corrected chi connectivity index (χ0v) is 12.9. The lowest BCUT2D eigenvalue weighted by molar-refractivity contribution is 0.922. The molecule has 0 amide bonds. The Bertz CT molecular complexity index is 628. The topological polar surface area (TPSA) is 15.3 Å². The first kappa shape index (κ1) is 12.8. The minimum absolute atomic E-state index is 0.783. The molecule has 0 bridgehead atoms. The third-order valence-electron chi connectivity index (χ3n) is 3.35. The molecule has 0 atom stereocenters. The Morgan fingerprint density at radius 1 is 1.16 bits per heavy atom. The number of nitrogens with one attached hydrogen (secondary N) is 1. The predicted molar refractivity (Wildman–Crippen MR) is 85.8 cm³/mol. The van der Waals surface area contributed by atoms with Gasteiger partial charge in [-0.05, 0) is 48.9 Å². The molecule has 0 spiro atoms. The number of anilines is 3. The largest absolute Gasteiger partial charge is 0.382 e. The molecule has 0 aromatic heterocycles. The van der Waals surface area contributed by atoms with Crippen LogP contribution in [-0.2, 0) is 0 Å². The quantitative estimate of drug-likeness (QED) is 0.790. The highest BCUT2D eigenvalue weighted by atomic mass is 79.9. The van der Waals surface area contributed by atoms with Crippen LogP contribution < -0.4 is 10.2 Å². The van der Waals surface area contributed by atoms with Gasteiger partial charge in [0, 0.05) is 28.3 Å². The molecule has 4 heteroatoms. The zero-order chi connectivity index (χ0) is 13.4. The van der Waals surface area contributed by atoms with Gasteiger partial charge in [0.05, 0.1) is 11.4 Å². The molecule has 1 N–H and O–H groups in total. The van der Waals surface area contributed by atoms with Crippen LogP contribution in [0.4, 0.5) is 17.1 Å². The molecule has 2 nitrogen and oxygen atoms in total. The second-order valence-corrected chi connectivity index (χ2v) is 6.02. The number of benzene rings is 2. The second kappa shape index (κ2) is 5.06. The molecular weight excluding hydrogens is 324 g/mol. The minimum atomic E-state index is 0.783. The van der Waals surface area contributed by atoms with E-state index in [0.717, 1.165) is 22.6 Å². The van der Waals surface area contributed by atoms with E-state index in [1.807, 2.05) is 12.1 Å². The van der Waals surface area contributed by atoms with E-state index in [1.54, 1.807) is 0 Å². The van der Waals surface area contributed by atoms with E-state index >= 15 is 0 Å². The molecule has 19 heavy (non-hydrogen) atoms. The Morgan fingerprint density at radius 2 is 2.00 bits per heavy atom. The van der Waals surface area contributed by atoms with E-state index in [2.05, 4.69) is 57.3 Å². The van der Waals surface area contributed by atoms with Crippen molar-refractivity contribution in [2.24, 2.45) is 0 Å². The molecule has 1 aliphatic heterocycles. The van der Waals surface area contributed by atoms with E-state index in [-0.39, 0.29) is 0 Å². The second-order valence-electron chi connectivity index (χ2n) is 4.67. The predicted octanol–water partition coefficient (Wildman–Crippen LogP) is 4.97. The molecule has 1 aliphatic rings. The van der Waals surface area contributed by atoms with Gasteiger partial charge >= 0.3 is 0 Å². The first-order valence-electron chi connectivity index (χ1n) is 6.22. The summed E-state index contributed by atoms with van der Waals surface area (Å²) in [4.78, 5) is 2.34. The summed E-state index contributed by atoms with van der Waals surface area (Å²) in [6, 6.07) is 12.4. The van der Waals surface area contributed by atoms with Crippen molar-refractivity contribution in [3.05, 3.63) is 51.5 Å². The standard InChI is InChI=1S/C15H14BrClN2/c1-10-8-12(17)3-5-14(10)19-7-6-18-13-4-2-11(16)9-15(13)19/h2-5,8-9,18H,6-7H2,1H3. The molecule has 1 heterocycles. The molecule has 0 aliphatic carbocycles. The van der Waals surface area contributed by atoms with Gasteiger partial charge in [-0.1, -0.05) is 27.5 Å². The van der Waals surface area contributed by atoms with Gasteiger partial charge in [0.1, 0.15) is 0 Å².